The van der Waals surface area contributed by atoms with Gasteiger partial charge in [-0.1, -0.05) is 13.8 Å². The molecule has 0 aliphatic carbocycles. The number of H-pyrrole nitrogens is 1. The van der Waals surface area contributed by atoms with Crippen LogP contribution in [0.15, 0.2) is 0 Å². The highest BCUT2D eigenvalue weighted by Gasteiger charge is 2.35. The van der Waals surface area contributed by atoms with Crippen molar-refractivity contribution in [1.82, 2.24) is 15.2 Å². The van der Waals surface area contributed by atoms with Gasteiger partial charge in [-0.05, 0) is 12.3 Å². The molecule has 4 N–H and O–H groups in total. The summed E-state index contributed by atoms with van der Waals surface area (Å²) in [5, 5.41) is 7.05. The number of alkyl halides is 3. The summed E-state index contributed by atoms with van der Waals surface area (Å²) in [5.74, 6) is -2.12. The first-order chi connectivity index (χ1) is 8.20. The van der Waals surface area contributed by atoms with E-state index in [0.29, 0.717) is 6.42 Å². The molecule has 0 fully saturated rings. The van der Waals surface area contributed by atoms with Crippen molar-refractivity contribution in [3.05, 3.63) is 5.82 Å². The van der Waals surface area contributed by atoms with Crippen LogP contribution in [0.2, 0.25) is 0 Å². The summed E-state index contributed by atoms with van der Waals surface area (Å²) in [6.45, 7) is 3.75. The number of carbonyl (C=O) groups is 1. The quantitative estimate of drug-likeness (QED) is 0.786. The lowest BCUT2D eigenvalue weighted by Gasteiger charge is -2.12. The Morgan fingerprint density at radius 3 is 2.47 bits per heavy atom. The summed E-state index contributed by atoms with van der Waals surface area (Å²) in [7, 11) is 0. The molecule has 1 aromatic rings. The maximum Gasteiger partial charge on any atom is 0.451 e. The van der Waals surface area contributed by atoms with Gasteiger partial charge in [-0.15, -0.1) is 17.5 Å². The maximum absolute atomic E-state index is 12.2. The van der Waals surface area contributed by atoms with Crippen LogP contribution < -0.4 is 11.1 Å². The van der Waals surface area contributed by atoms with Crippen molar-refractivity contribution in [3.8, 4) is 0 Å². The first kappa shape index (κ1) is 17.6. The topological polar surface area (TPSA) is 96.7 Å². The minimum Gasteiger partial charge on any atom is -0.320 e. The highest BCUT2D eigenvalue weighted by atomic mass is 35.5. The molecule has 0 aliphatic heterocycles. The Morgan fingerprint density at radius 1 is 1.47 bits per heavy atom. The molecular weight excluding hydrogens is 287 g/mol. The molecule has 1 amide bonds. The van der Waals surface area contributed by atoms with Crippen LogP contribution in [-0.2, 0) is 11.0 Å². The number of anilines is 1. The van der Waals surface area contributed by atoms with Crippen LogP contribution in [0.4, 0.5) is 19.1 Å². The van der Waals surface area contributed by atoms with E-state index >= 15 is 0 Å². The molecule has 1 heterocycles. The van der Waals surface area contributed by atoms with Crippen molar-refractivity contribution < 1.29 is 18.0 Å². The number of aromatic amines is 1. The van der Waals surface area contributed by atoms with Crippen molar-refractivity contribution in [2.75, 3.05) is 5.32 Å². The van der Waals surface area contributed by atoms with Crippen molar-refractivity contribution in [3.63, 3.8) is 0 Å². The molecular formula is C9H15ClF3N5O. The van der Waals surface area contributed by atoms with Crippen LogP contribution in [0.1, 0.15) is 26.1 Å². The normalized spacial score (nSPS) is 13.0. The molecule has 0 bridgehead atoms. The fraction of sp³-hybridized carbons (Fsp3) is 0.667. The Balaban J connectivity index is 0.00000324. The van der Waals surface area contributed by atoms with Crippen LogP contribution in [0.5, 0.6) is 0 Å². The zero-order valence-electron chi connectivity index (χ0n) is 10.3. The second-order valence-electron chi connectivity index (χ2n) is 4.23. The van der Waals surface area contributed by atoms with Crippen LogP contribution >= 0.6 is 12.4 Å². The molecule has 0 spiro atoms. The minimum atomic E-state index is -4.63. The summed E-state index contributed by atoms with van der Waals surface area (Å²) >= 11 is 0. The fourth-order valence-electron chi connectivity index (χ4n) is 1.26. The van der Waals surface area contributed by atoms with Crippen LogP contribution in [0, 0.1) is 5.92 Å². The third-order valence-corrected chi connectivity index (χ3v) is 2.05. The van der Waals surface area contributed by atoms with E-state index in [2.05, 4.69) is 15.4 Å². The number of nitrogens with one attached hydrogen (secondary N) is 2. The Hall–Kier alpha value is -1.35. The maximum atomic E-state index is 12.2. The van der Waals surface area contributed by atoms with E-state index < -0.39 is 29.9 Å². The van der Waals surface area contributed by atoms with E-state index in [4.69, 9.17) is 5.73 Å². The van der Waals surface area contributed by atoms with Gasteiger partial charge in [0.15, 0.2) is 0 Å². The highest BCUT2D eigenvalue weighted by molar-refractivity contribution is 5.93. The largest absolute Gasteiger partial charge is 0.451 e. The van der Waals surface area contributed by atoms with E-state index in [-0.39, 0.29) is 18.3 Å². The number of hydrogen-bond donors (Lipinski definition) is 3. The zero-order valence-corrected chi connectivity index (χ0v) is 11.1. The standard InChI is InChI=1S/C9H14F3N5O.ClH/c1-4(2)3-5(13)6(18)14-8-15-7(16-17-8)9(10,11)12;/h4-5H,3,13H2,1-2H3,(H2,14,15,16,17,18);1H/t5-;/m0./s1. The molecule has 0 aliphatic rings. The first-order valence-electron chi connectivity index (χ1n) is 5.26. The average Bonchev–Trinajstić information content (AvgIpc) is 2.64. The molecule has 0 radical (unpaired) electrons. The van der Waals surface area contributed by atoms with Crippen LogP contribution in [0.25, 0.3) is 0 Å². The third kappa shape index (κ3) is 5.43. The van der Waals surface area contributed by atoms with Crippen LogP contribution in [0.3, 0.4) is 0 Å². The predicted molar refractivity (Wildman–Crippen MR) is 64.7 cm³/mol. The summed E-state index contributed by atoms with van der Waals surface area (Å²) < 4.78 is 36.6. The molecule has 6 nitrogen and oxygen atoms in total. The van der Waals surface area contributed by atoms with Gasteiger partial charge < -0.3 is 5.73 Å². The van der Waals surface area contributed by atoms with Crippen molar-refractivity contribution >= 4 is 24.3 Å². The van der Waals surface area contributed by atoms with E-state index in [0.717, 1.165) is 0 Å². The smallest absolute Gasteiger partial charge is 0.320 e. The number of rotatable bonds is 4. The number of halogens is 4. The van der Waals surface area contributed by atoms with Gasteiger partial charge >= 0.3 is 6.18 Å². The first-order valence-corrected chi connectivity index (χ1v) is 5.26. The van der Waals surface area contributed by atoms with E-state index in [1.165, 1.54) is 0 Å². The Labute approximate surface area is 113 Å². The monoisotopic (exact) mass is 301 g/mol. The van der Waals surface area contributed by atoms with Crippen molar-refractivity contribution in [1.29, 1.82) is 0 Å². The van der Waals surface area contributed by atoms with Gasteiger partial charge in [0.2, 0.25) is 17.7 Å². The molecule has 0 saturated carbocycles. The van der Waals surface area contributed by atoms with E-state index in [9.17, 15) is 18.0 Å². The van der Waals surface area contributed by atoms with Crippen molar-refractivity contribution in [2.24, 2.45) is 11.7 Å². The third-order valence-electron chi connectivity index (χ3n) is 2.05. The highest BCUT2D eigenvalue weighted by Crippen LogP contribution is 2.26. The van der Waals surface area contributed by atoms with Gasteiger partial charge in [-0.25, -0.2) is 0 Å². The predicted octanol–water partition coefficient (Wildman–Crippen LogP) is 1.56. The Morgan fingerprint density at radius 2 is 2.05 bits per heavy atom. The van der Waals surface area contributed by atoms with Gasteiger partial charge in [-0.2, -0.15) is 18.2 Å². The molecule has 1 aromatic heterocycles. The van der Waals surface area contributed by atoms with E-state index in [1.807, 2.05) is 13.8 Å². The number of hydrogen-bond acceptors (Lipinski definition) is 4. The molecule has 10 heteroatoms. The molecule has 1 rings (SSSR count). The number of amides is 1. The lowest BCUT2D eigenvalue weighted by atomic mass is 10.0. The summed E-state index contributed by atoms with van der Waals surface area (Å²) in [6.07, 6.45) is -4.21. The summed E-state index contributed by atoms with van der Waals surface area (Å²) in [6, 6.07) is -0.808. The fourth-order valence-corrected chi connectivity index (χ4v) is 1.26. The number of carbonyl (C=O) groups excluding carboxylic acids is 1. The van der Waals surface area contributed by atoms with Gasteiger partial charge in [0.05, 0.1) is 6.04 Å². The average molecular weight is 302 g/mol. The second-order valence-corrected chi connectivity index (χ2v) is 4.23. The lowest BCUT2D eigenvalue weighted by molar-refractivity contribution is -0.144. The summed E-state index contributed by atoms with van der Waals surface area (Å²) in [4.78, 5) is 14.6. The Bertz CT molecular complexity index is 420. The van der Waals surface area contributed by atoms with Gasteiger partial charge in [0, 0.05) is 0 Å². The Kier molecular flexibility index (Phi) is 6.23. The second kappa shape index (κ2) is 6.71. The van der Waals surface area contributed by atoms with Gasteiger partial charge in [0.25, 0.3) is 0 Å². The molecule has 0 unspecified atom stereocenters. The summed E-state index contributed by atoms with van der Waals surface area (Å²) in [5.41, 5.74) is 5.56. The number of nitrogens with zero attached hydrogens (tertiary/aromatic N) is 2. The molecule has 0 saturated heterocycles. The number of nitrogens with two attached hydrogens (primary N) is 1. The lowest BCUT2D eigenvalue weighted by Crippen LogP contribution is -2.36. The molecule has 1 atom stereocenters. The number of aromatic nitrogens is 3. The van der Waals surface area contributed by atoms with Crippen LogP contribution in [-0.4, -0.2) is 27.1 Å². The minimum absolute atomic E-state index is 0. The SMILES string of the molecule is CC(C)C[C@H](N)C(=O)Nc1n[nH]c(C(F)(F)F)n1.Cl. The van der Waals surface area contributed by atoms with Crippen molar-refractivity contribution in [2.45, 2.75) is 32.5 Å². The molecule has 0 aromatic carbocycles. The van der Waals surface area contributed by atoms with E-state index in [1.54, 1.807) is 5.10 Å². The molecule has 110 valence electrons. The van der Waals surface area contributed by atoms with Gasteiger partial charge in [0.1, 0.15) is 0 Å². The molecule has 19 heavy (non-hydrogen) atoms. The van der Waals surface area contributed by atoms with Gasteiger partial charge in [-0.3, -0.25) is 15.2 Å². The zero-order chi connectivity index (χ0) is 13.9.